The molecule has 0 aromatic heterocycles. The minimum Gasteiger partial charge on any atom is -0.249 e. The lowest BCUT2D eigenvalue weighted by molar-refractivity contribution is 0.543. The van der Waals surface area contributed by atoms with Crippen LogP contribution in [0.3, 0.4) is 0 Å². The average Bonchev–Trinajstić information content (AvgIpc) is 1.84. The Morgan fingerprint density at radius 2 is 1.00 bits per heavy atom. The van der Waals surface area contributed by atoms with Crippen molar-refractivity contribution in [3.8, 4) is 0 Å². The Balaban J connectivity index is 2.78. The van der Waals surface area contributed by atoms with Crippen molar-refractivity contribution in [3.05, 3.63) is 10.8 Å². The van der Waals surface area contributed by atoms with Crippen molar-refractivity contribution in [2.75, 3.05) is 0 Å². The molecule has 10 heavy (non-hydrogen) atoms. The predicted octanol–water partition coefficient (Wildman–Crippen LogP) is 2.58. The van der Waals surface area contributed by atoms with Crippen molar-refractivity contribution in [2.45, 2.75) is 26.2 Å². The van der Waals surface area contributed by atoms with Crippen LogP contribution in [0.5, 0.6) is 0 Å². The van der Waals surface area contributed by atoms with E-state index in [1.807, 2.05) is 0 Å². The molecule has 0 amide bonds. The van der Waals surface area contributed by atoms with Crippen molar-refractivity contribution in [3.63, 3.8) is 0 Å². The lowest BCUT2D eigenvalue weighted by Gasteiger charge is -2.51. The summed E-state index contributed by atoms with van der Waals surface area (Å²) in [6, 6.07) is 0. The standard InChI is InChI=1S/C6H12F2Si2/c1-9(2)5(7)10(3,4)6(9)8/h1-4H3. The first kappa shape index (κ1) is 8.39. The maximum atomic E-state index is 13.1. The number of hydrogen-bond acceptors (Lipinski definition) is 0. The zero-order chi connectivity index (χ0) is 8.15. The van der Waals surface area contributed by atoms with E-state index in [4.69, 9.17) is 0 Å². The zero-order valence-corrected chi connectivity index (χ0v) is 8.76. The summed E-state index contributed by atoms with van der Waals surface area (Å²) in [5.41, 5.74) is 0.0509. The van der Waals surface area contributed by atoms with Crippen LogP contribution in [0.1, 0.15) is 0 Å². The molecule has 1 rings (SSSR count). The van der Waals surface area contributed by atoms with E-state index in [1.54, 1.807) is 26.2 Å². The van der Waals surface area contributed by atoms with E-state index in [9.17, 15) is 8.78 Å². The smallest absolute Gasteiger partial charge is 0.134 e. The first-order valence-corrected chi connectivity index (χ1v) is 9.38. The van der Waals surface area contributed by atoms with Gasteiger partial charge in [0.2, 0.25) is 0 Å². The summed E-state index contributed by atoms with van der Waals surface area (Å²) < 4.78 is 26.2. The zero-order valence-electron chi connectivity index (χ0n) is 6.76. The Labute approximate surface area is 62.7 Å². The van der Waals surface area contributed by atoms with Gasteiger partial charge in [-0.05, 0) is 0 Å². The van der Waals surface area contributed by atoms with Gasteiger partial charge in [0.15, 0.2) is 0 Å². The van der Waals surface area contributed by atoms with Crippen LogP contribution in [0.4, 0.5) is 8.78 Å². The maximum absolute atomic E-state index is 13.1. The molecule has 4 heteroatoms. The third-order valence-corrected chi connectivity index (χ3v) is 14.1. The molecule has 1 aliphatic heterocycles. The highest BCUT2D eigenvalue weighted by Gasteiger charge is 2.68. The summed E-state index contributed by atoms with van der Waals surface area (Å²) in [4.78, 5) is 0. The van der Waals surface area contributed by atoms with E-state index in [1.165, 1.54) is 0 Å². The van der Waals surface area contributed by atoms with Crippen molar-refractivity contribution < 1.29 is 8.78 Å². The molecule has 1 heterocycles. The molecule has 1 fully saturated rings. The number of halogens is 2. The molecule has 0 spiro atoms. The Morgan fingerprint density at radius 3 is 1.10 bits per heavy atom. The van der Waals surface area contributed by atoms with Crippen molar-refractivity contribution in [1.82, 2.24) is 0 Å². The fourth-order valence-electron chi connectivity index (χ4n) is 1.69. The van der Waals surface area contributed by atoms with Crippen molar-refractivity contribution in [1.29, 1.82) is 0 Å². The quantitative estimate of drug-likeness (QED) is 0.500. The lowest BCUT2D eigenvalue weighted by Crippen LogP contribution is -2.69. The molecule has 0 aliphatic carbocycles. The SMILES string of the molecule is C[Si]1(C)[C](F)[Si](C)(C)[C]1F. The lowest BCUT2D eigenvalue weighted by atomic mass is 11.6. The highest BCUT2D eigenvalue weighted by Crippen LogP contribution is 2.53. The van der Waals surface area contributed by atoms with Gasteiger partial charge in [-0.3, -0.25) is 0 Å². The molecule has 0 aromatic carbocycles. The highest BCUT2D eigenvalue weighted by atomic mass is 28.5. The minimum absolute atomic E-state index is 0.0255. The molecule has 1 saturated heterocycles. The van der Waals surface area contributed by atoms with Gasteiger partial charge in [-0.15, -0.1) is 0 Å². The normalized spacial score (nSPS) is 31.8. The Bertz CT molecular complexity index is 126. The monoisotopic (exact) mass is 178 g/mol. The van der Waals surface area contributed by atoms with Gasteiger partial charge in [0.25, 0.3) is 0 Å². The molecule has 0 unspecified atom stereocenters. The van der Waals surface area contributed by atoms with Crippen LogP contribution >= 0.6 is 0 Å². The minimum atomic E-state index is -2.23. The van der Waals surface area contributed by atoms with Crippen LogP contribution in [0, 0.1) is 10.8 Å². The molecule has 0 saturated carbocycles. The first-order valence-electron chi connectivity index (χ1n) is 3.38. The molecular weight excluding hydrogens is 166 g/mol. The van der Waals surface area contributed by atoms with Crippen LogP contribution in [0.15, 0.2) is 0 Å². The van der Waals surface area contributed by atoms with Gasteiger partial charge < -0.3 is 0 Å². The Morgan fingerprint density at radius 1 is 0.800 bits per heavy atom. The van der Waals surface area contributed by atoms with Gasteiger partial charge in [-0.1, -0.05) is 26.2 Å². The molecule has 58 valence electrons. The summed E-state index contributed by atoms with van der Waals surface area (Å²) in [6.45, 7) is 6.93. The van der Waals surface area contributed by atoms with Gasteiger partial charge in [0.05, 0.1) is 0 Å². The van der Waals surface area contributed by atoms with Gasteiger partial charge in [-0.2, -0.15) is 0 Å². The van der Waals surface area contributed by atoms with Gasteiger partial charge in [0.1, 0.15) is 27.0 Å². The topological polar surface area (TPSA) is 0 Å². The molecular formula is C6H12F2Si2. The summed E-state index contributed by atoms with van der Waals surface area (Å²) in [5, 5.41) is 0. The van der Waals surface area contributed by atoms with E-state index in [0.717, 1.165) is 0 Å². The van der Waals surface area contributed by atoms with Crippen LogP contribution in [0.25, 0.3) is 0 Å². The van der Waals surface area contributed by atoms with Crippen LogP contribution in [0.2, 0.25) is 26.2 Å². The van der Waals surface area contributed by atoms with Crippen LogP contribution in [-0.4, -0.2) is 16.1 Å². The number of rotatable bonds is 0. The molecule has 2 radical (unpaired) electrons. The largest absolute Gasteiger partial charge is 0.249 e. The predicted molar refractivity (Wildman–Crippen MR) is 43.7 cm³/mol. The second kappa shape index (κ2) is 1.91. The summed E-state index contributed by atoms with van der Waals surface area (Å²) >= 11 is 0. The average molecular weight is 178 g/mol. The van der Waals surface area contributed by atoms with Crippen LogP contribution in [-0.2, 0) is 0 Å². The van der Waals surface area contributed by atoms with E-state index < -0.39 is 16.1 Å². The summed E-state index contributed by atoms with van der Waals surface area (Å²) in [7, 11) is -4.46. The highest BCUT2D eigenvalue weighted by molar-refractivity contribution is 7.24. The second-order valence-electron chi connectivity index (χ2n) is 3.88. The van der Waals surface area contributed by atoms with Crippen molar-refractivity contribution in [2.24, 2.45) is 0 Å². The molecule has 0 bridgehead atoms. The molecule has 0 N–H and O–H groups in total. The number of hydrogen-bond donors (Lipinski definition) is 0. The van der Waals surface area contributed by atoms with Gasteiger partial charge in [-0.25, -0.2) is 8.78 Å². The molecule has 1 aliphatic rings. The third kappa shape index (κ3) is 0.748. The Hall–Kier alpha value is 0.294. The maximum Gasteiger partial charge on any atom is 0.134 e. The van der Waals surface area contributed by atoms with E-state index in [0.29, 0.717) is 0 Å². The van der Waals surface area contributed by atoms with E-state index >= 15 is 0 Å². The second-order valence-corrected chi connectivity index (χ2v) is 13.1. The summed E-state index contributed by atoms with van der Waals surface area (Å²) in [5.74, 6) is 0. The molecule has 0 atom stereocenters. The summed E-state index contributed by atoms with van der Waals surface area (Å²) in [6.07, 6.45) is 0. The first-order chi connectivity index (χ1) is 4.31. The van der Waals surface area contributed by atoms with E-state index in [-0.39, 0.29) is 10.8 Å². The fourth-order valence-corrected chi connectivity index (χ4v) is 15.0. The molecule has 0 nitrogen and oxygen atoms in total. The molecule has 0 aromatic rings. The van der Waals surface area contributed by atoms with Gasteiger partial charge >= 0.3 is 0 Å². The fraction of sp³-hybridized carbons (Fsp3) is 0.667. The van der Waals surface area contributed by atoms with Crippen LogP contribution < -0.4 is 0 Å². The van der Waals surface area contributed by atoms with Gasteiger partial charge in [0, 0.05) is 0 Å². The third-order valence-electron chi connectivity index (χ3n) is 2.19. The van der Waals surface area contributed by atoms with E-state index in [2.05, 4.69) is 0 Å². The Kier molecular flexibility index (Phi) is 1.60. The van der Waals surface area contributed by atoms with Crippen molar-refractivity contribution >= 4 is 16.1 Å².